The lowest BCUT2D eigenvalue weighted by atomic mass is 10.0. The number of amidine groups is 1. The normalized spacial score (nSPS) is 24.8. The van der Waals surface area contributed by atoms with Crippen molar-refractivity contribution >= 4 is 49.7 Å². The Kier molecular flexibility index (Phi) is 5.37. The molecule has 5 nitrogen and oxygen atoms in total. The molecule has 2 fully saturated rings. The van der Waals surface area contributed by atoms with Gasteiger partial charge in [-0.1, -0.05) is 43.8 Å². The highest BCUT2D eigenvalue weighted by atomic mass is 32.2. The standard InChI is InChI=1S/C20H22N2O3S3/c1-13(2)14-5-7-15(8-6-14)22-17-11-28(24,25)12-18(17)27-20(22)21-19(23)10-16-4-3-9-26-16/h3-9,13,17-18H,10-12H2,1-2H3/t17-,18+/m1/s1. The molecule has 3 heterocycles. The molecular weight excluding hydrogens is 412 g/mol. The summed E-state index contributed by atoms with van der Waals surface area (Å²) in [6.07, 6.45) is 0.273. The van der Waals surface area contributed by atoms with Gasteiger partial charge in [-0.15, -0.1) is 11.3 Å². The fourth-order valence-electron chi connectivity index (χ4n) is 3.59. The first-order chi connectivity index (χ1) is 13.3. The van der Waals surface area contributed by atoms with Gasteiger partial charge < -0.3 is 4.90 Å². The van der Waals surface area contributed by atoms with Gasteiger partial charge >= 0.3 is 0 Å². The van der Waals surface area contributed by atoms with Crippen molar-refractivity contribution in [1.29, 1.82) is 0 Å². The fraction of sp³-hybridized carbons (Fsp3) is 0.400. The van der Waals surface area contributed by atoms with Crippen LogP contribution in [0.3, 0.4) is 0 Å². The summed E-state index contributed by atoms with van der Waals surface area (Å²) in [7, 11) is -3.06. The molecule has 2 saturated heterocycles. The van der Waals surface area contributed by atoms with E-state index in [1.54, 1.807) is 0 Å². The van der Waals surface area contributed by atoms with Gasteiger partial charge in [0.1, 0.15) is 0 Å². The Balaban J connectivity index is 1.65. The predicted molar refractivity (Wildman–Crippen MR) is 117 cm³/mol. The van der Waals surface area contributed by atoms with Gasteiger partial charge in [-0.2, -0.15) is 4.99 Å². The highest BCUT2D eigenvalue weighted by molar-refractivity contribution is 8.16. The highest BCUT2D eigenvalue weighted by Gasteiger charge is 2.49. The van der Waals surface area contributed by atoms with Gasteiger partial charge in [0.25, 0.3) is 5.91 Å². The first-order valence-electron chi connectivity index (χ1n) is 9.22. The summed E-state index contributed by atoms with van der Waals surface area (Å²) in [6.45, 7) is 4.27. The minimum atomic E-state index is -3.06. The quantitative estimate of drug-likeness (QED) is 0.734. The largest absolute Gasteiger partial charge is 0.316 e. The average Bonchev–Trinajstić information content (AvgIpc) is 3.29. The second-order valence-electron chi connectivity index (χ2n) is 7.46. The minimum absolute atomic E-state index is 0.0805. The van der Waals surface area contributed by atoms with Crippen LogP contribution in [0, 0.1) is 0 Å². The van der Waals surface area contributed by atoms with Crippen molar-refractivity contribution in [3.8, 4) is 0 Å². The van der Waals surface area contributed by atoms with Crippen LogP contribution in [0.2, 0.25) is 0 Å². The van der Waals surface area contributed by atoms with Crippen LogP contribution >= 0.6 is 23.1 Å². The molecule has 2 aliphatic rings. The molecule has 0 saturated carbocycles. The molecular formula is C20H22N2O3S3. The number of carbonyl (C=O) groups is 1. The van der Waals surface area contributed by atoms with E-state index in [9.17, 15) is 13.2 Å². The molecule has 4 rings (SSSR count). The van der Waals surface area contributed by atoms with Gasteiger partial charge in [-0.05, 0) is 35.1 Å². The maximum Gasteiger partial charge on any atom is 0.253 e. The van der Waals surface area contributed by atoms with Crippen molar-refractivity contribution in [2.45, 2.75) is 37.5 Å². The van der Waals surface area contributed by atoms with E-state index in [1.165, 1.54) is 28.7 Å². The zero-order valence-electron chi connectivity index (χ0n) is 15.7. The third-order valence-electron chi connectivity index (χ3n) is 5.03. The van der Waals surface area contributed by atoms with Gasteiger partial charge in [-0.3, -0.25) is 4.79 Å². The van der Waals surface area contributed by atoms with E-state index < -0.39 is 9.84 Å². The van der Waals surface area contributed by atoms with Crippen molar-refractivity contribution in [3.05, 3.63) is 52.2 Å². The molecule has 8 heteroatoms. The Morgan fingerprint density at radius 3 is 2.61 bits per heavy atom. The number of hydrogen-bond acceptors (Lipinski definition) is 5. The molecule has 0 bridgehead atoms. The van der Waals surface area contributed by atoms with Crippen LogP contribution in [-0.2, 0) is 21.1 Å². The molecule has 2 aromatic rings. The van der Waals surface area contributed by atoms with Gasteiger partial charge in [0, 0.05) is 15.8 Å². The summed E-state index contributed by atoms with van der Waals surface area (Å²) < 4.78 is 24.3. The maximum atomic E-state index is 12.5. The fourth-order valence-corrected chi connectivity index (χ4v) is 8.22. The molecule has 0 unspecified atom stereocenters. The van der Waals surface area contributed by atoms with Crippen LogP contribution in [0.5, 0.6) is 0 Å². The van der Waals surface area contributed by atoms with Gasteiger partial charge in [-0.25, -0.2) is 8.42 Å². The van der Waals surface area contributed by atoms with Gasteiger partial charge in [0.05, 0.1) is 24.0 Å². The smallest absolute Gasteiger partial charge is 0.253 e. The number of carbonyl (C=O) groups excluding carboxylic acids is 1. The summed E-state index contributed by atoms with van der Waals surface area (Å²) in [5, 5.41) is 2.48. The Morgan fingerprint density at radius 2 is 1.96 bits per heavy atom. The number of amides is 1. The lowest BCUT2D eigenvalue weighted by Crippen LogP contribution is -2.37. The summed E-state index contributed by atoms with van der Waals surface area (Å²) in [6, 6.07) is 11.8. The van der Waals surface area contributed by atoms with E-state index >= 15 is 0 Å². The summed E-state index contributed by atoms with van der Waals surface area (Å²) in [5.74, 6) is 0.467. The topological polar surface area (TPSA) is 66.8 Å². The first-order valence-corrected chi connectivity index (χ1v) is 12.8. The zero-order chi connectivity index (χ0) is 19.9. The van der Waals surface area contributed by atoms with Crippen molar-refractivity contribution in [2.24, 2.45) is 4.99 Å². The molecule has 148 valence electrons. The van der Waals surface area contributed by atoms with Crippen LogP contribution in [0.1, 0.15) is 30.2 Å². The molecule has 1 amide bonds. The van der Waals surface area contributed by atoms with Crippen molar-refractivity contribution in [2.75, 3.05) is 16.4 Å². The van der Waals surface area contributed by atoms with Crippen LogP contribution < -0.4 is 4.90 Å². The SMILES string of the molecule is CC(C)c1ccc(N2C(=NC(=O)Cc3cccs3)S[C@H]3CS(=O)(=O)C[C@H]32)cc1. The average molecular weight is 435 g/mol. The number of aliphatic imine (C=N–C) groups is 1. The van der Waals surface area contributed by atoms with Crippen LogP contribution in [0.25, 0.3) is 0 Å². The van der Waals surface area contributed by atoms with E-state index in [0.717, 1.165) is 10.6 Å². The van der Waals surface area contributed by atoms with Crippen LogP contribution in [0.4, 0.5) is 5.69 Å². The van der Waals surface area contributed by atoms with E-state index in [4.69, 9.17) is 0 Å². The summed E-state index contributed by atoms with van der Waals surface area (Å²) >= 11 is 2.95. The number of hydrogen-bond donors (Lipinski definition) is 0. The molecule has 0 radical (unpaired) electrons. The molecule has 28 heavy (non-hydrogen) atoms. The Labute approximate surface area is 173 Å². The lowest BCUT2D eigenvalue weighted by Gasteiger charge is -2.25. The van der Waals surface area contributed by atoms with Crippen molar-refractivity contribution in [1.82, 2.24) is 0 Å². The zero-order valence-corrected chi connectivity index (χ0v) is 18.2. The number of nitrogens with zero attached hydrogens (tertiary/aromatic N) is 2. The van der Waals surface area contributed by atoms with Gasteiger partial charge in [0.2, 0.25) is 0 Å². The number of thiophene rings is 1. The summed E-state index contributed by atoms with van der Waals surface area (Å²) in [4.78, 5) is 19.8. The van der Waals surface area contributed by atoms with Crippen LogP contribution in [0.15, 0.2) is 46.8 Å². The molecule has 2 atom stereocenters. The number of sulfone groups is 1. The second-order valence-corrected chi connectivity index (χ2v) is 11.9. The van der Waals surface area contributed by atoms with E-state index in [0.29, 0.717) is 11.1 Å². The monoisotopic (exact) mass is 434 g/mol. The number of thioether (sulfide) groups is 1. The van der Waals surface area contributed by atoms with E-state index in [2.05, 4.69) is 31.0 Å². The van der Waals surface area contributed by atoms with E-state index in [-0.39, 0.29) is 35.1 Å². The van der Waals surface area contributed by atoms with Crippen molar-refractivity contribution < 1.29 is 13.2 Å². The molecule has 2 aliphatic heterocycles. The predicted octanol–water partition coefficient (Wildman–Crippen LogP) is 3.72. The number of anilines is 1. The Morgan fingerprint density at radius 1 is 1.21 bits per heavy atom. The number of fused-ring (bicyclic) bond motifs is 1. The second kappa shape index (κ2) is 7.65. The molecule has 0 N–H and O–H groups in total. The molecule has 1 aromatic carbocycles. The lowest BCUT2D eigenvalue weighted by molar-refractivity contribution is -0.117. The van der Waals surface area contributed by atoms with Crippen molar-refractivity contribution in [3.63, 3.8) is 0 Å². The molecule has 0 aliphatic carbocycles. The summed E-state index contributed by atoms with van der Waals surface area (Å²) in [5.41, 5.74) is 2.11. The third kappa shape index (κ3) is 4.04. The molecule has 0 spiro atoms. The first kappa shape index (κ1) is 19.7. The molecule has 1 aromatic heterocycles. The third-order valence-corrected chi connectivity index (χ3v) is 9.12. The Bertz CT molecular complexity index is 996. The van der Waals surface area contributed by atoms with E-state index in [1.807, 2.05) is 34.5 Å². The van der Waals surface area contributed by atoms with Gasteiger partial charge in [0.15, 0.2) is 15.0 Å². The number of rotatable bonds is 4. The maximum absolute atomic E-state index is 12.5. The Hall–Kier alpha value is -1.64. The van der Waals surface area contributed by atoms with Crippen LogP contribution in [-0.4, -0.2) is 42.3 Å². The minimum Gasteiger partial charge on any atom is -0.316 e. The highest BCUT2D eigenvalue weighted by Crippen LogP contribution is 2.41. The number of benzene rings is 1.